The Morgan fingerprint density at radius 2 is 1.91 bits per heavy atom. The third-order valence-electron chi connectivity index (χ3n) is 6.55. The molecule has 4 rings (SSSR count). The number of piperidine rings is 1. The lowest BCUT2D eigenvalue weighted by molar-refractivity contribution is -0.116. The summed E-state index contributed by atoms with van der Waals surface area (Å²) < 4.78 is 5.17. The molecule has 1 amide bonds. The number of hydrogen-bond donors (Lipinski definition) is 1. The van der Waals surface area contributed by atoms with Gasteiger partial charge in [-0.3, -0.25) is 4.79 Å². The zero-order chi connectivity index (χ0) is 24.1. The van der Waals surface area contributed by atoms with Gasteiger partial charge in [-0.15, -0.1) is 0 Å². The average molecular weight is 477 g/mol. The van der Waals surface area contributed by atoms with Crippen LogP contribution in [0.25, 0.3) is 10.9 Å². The first-order valence-electron chi connectivity index (χ1n) is 11.7. The maximum atomic E-state index is 12.5. The molecule has 34 heavy (non-hydrogen) atoms. The third-order valence-corrected chi connectivity index (χ3v) is 6.65. The second-order valence-corrected chi connectivity index (χ2v) is 9.31. The number of carbonyl (C=O) groups excluding carboxylic acids is 1. The molecule has 1 aliphatic heterocycles. The first-order valence-corrected chi connectivity index (χ1v) is 12.2. The van der Waals surface area contributed by atoms with Crippen molar-refractivity contribution in [2.75, 3.05) is 37.4 Å². The van der Waals surface area contributed by atoms with E-state index in [1.165, 1.54) is 11.1 Å². The molecule has 0 radical (unpaired) electrons. The summed E-state index contributed by atoms with van der Waals surface area (Å²) in [6.07, 6.45) is 3.37. The van der Waals surface area contributed by atoms with E-state index in [0.717, 1.165) is 53.9 Å². The highest BCUT2D eigenvalue weighted by Crippen LogP contribution is 2.27. The molecule has 0 spiro atoms. The molecule has 178 valence electrons. The van der Waals surface area contributed by atoms with Gasteiger partial charge in [0.25, 0.3) is 0 Å². The van der Waals surface area contributed by atoms with E-state index in [1.54, 1.807) is 0 Å². The fourth-order valence-corrected chi connectivity index (χ4v) is 4.61. The van der Waals surface area contributed by atoms with Crippen LogP contribution in [0.3, 0.4) is 0 Å². The fraction of sp³-hybridized carbons (Fsp3) is 0.370. The minimum atomic E-state index is -0.00966. The van der Waals surface area contributed by atoms with Crippen LogP contribution in [-0.4, -0.2) is 54.6 Å². The van der Waals surface area contributed by atoms with Crippen molar-refractivity contribution in [2.24, 2.45) is 0 Å². The summed E-state index contributed by atoms with van der Waals surface area (Å²) in [4.78, 5) is 22.2. The van der Waals surface area contributed by atoms with Gasteiger partial charge in [-0.25, -0.2) is 4.98 Å². The second kappa shape index (κ2) is 10.9. The predicted octanol–water partition coefficient (Wildman–Crippen LogP) is 4.98. The lowest BCUT2D eigenvalue weighted by Crippen LogP contribution is -2.42. The maximum absolute atomic E-state index is 12.5. The summed E-state index contributed by atoms with van der Waals surface area (Å²) in [5, 5.41) is 4.10. The van der Waals surface area contributed by atoms with Crippen molar-refractivity contribution in [3.05, 3.63) is 59.7 Å². The van der Waals surface area contributed by atoms with Gasteiger partial charge in [0, 0.05) is 36.6 Å². The van der Waals surface area contributed by atoms with Crippen molar-refractivity contribution in [1.82, 2.24) is 9.88 Å². The fourth-order valence-electron chi connectivity index (χ4n) is 4.50. The molecule has 1 aliphatic rings. The molecule has 1 aromatic heterocycles. The predicted molar refractivity (Wildman–Crippen MR) is 143 cm³/mol. The standard InChI is InChI=1S/C27H32N4O2S/c1-19-16-26(31-14-12-22(13-15-31)30(2)3)29-25-10-7-21(17-24(19)25)28-27(32)11-6-20-4-8-23(9-5-20)33-18-34/h4-5,7-10,16-18,22H,6,11-15H2,1-3H3,(H,28,32). The van der Waals surface area contributed by atoms with Crippen LogP contribution >= 0.6 is 12.2 Å². The van der Waals surface area contributed by atoms with Crippen LogP contribution in [0.4, 0.5) is 11.5 Å². The molecule has 2 aromatic carbocycles. The number of thiocarbonyl (C=S) groups is 1. The monoisotopic (exact) mass is 476 g/mol. The van der Waals surface area contributed by atoms with Gasteiger partial charge in [-0.05, 0) is 100 Å². The molecular formula is C27H32N4O2S. The lowest BCUT2D eigenvalue weighted by atomic mass is 10.0. The number of amides is 1. The normalized spacial score (nSPS) is 14.4. The van der Waals surface area contributed by atoms with E-state index in [9.17, 15) is 4.79 Å². The summed E-state index contributed by atoms with van der Waals surface area (Å²) in [5.74, 6) is 1.73. The molecule has 3 aromatic rings. The van der Waals surface area contributed by atoms with Gasteiger partial charge >= 0.3 is 0 Å². The summed E-state index contributed by atoms with van der Waals surface area (Å²) in [5.41, 5.74) is 5.24. The number of pyridine rings is 1. The zero-order valence-electron chi connectivity index (χ0n) is 20.1. The van der Waals surface area contributed by atoms with Crippen LogP contribution < -0.4 is 15.0 Å². The second-order valence-electron chi connectivity index (χ2n) is 9.12. The van der Waals surface area contributed by atoms with Crippen molar-refractivity contribution >= 4 is 46.1 Å². The van der Waals surface area contributed by atoms with E-state index in [2.05, 4.69) is 42.2 Å². The zero-order valence-corrected chi connectivity index (χ0v) is 20.9. The van der Waals surface area contributed by atoms with Gasteiger partial charge in [0.15, 0.2) is 5.55 Å². The molecule has 0 saturated carbocycles. The molecular weight excluding hydrogens is 444 g/mol. The third kappa shape index (κ3) is 5.90. The Morgan fingerprint density at radius 1 is 1.18 bits per heavy atom. The molecule has 1 fully saturated rings. The summed E-state index contributed by atoms with van der Waals surface area (Å²) in [6, 6.07) is 16.4. The minimum absolute atomic E-state index is 0.00966. The number of aryl methyl sites for hydroxylation is 2. The summed E-state index contributed by atoms with van der Waals surface area (Å²) >= 11 is 4.69. The van der Waals surface area contributed by atoms with Gasteiger partial charge in [0.2, 0.25) is 5.91 Å². The van der Waals surface area contributed by atoms with E-state index in [0.29, 0.717) is 24.6 Å². The number of nitrogens with zero attached hydrogens (tertiary/aromatic N) is 3. The van der Waals surface area contributed by atoms with Gasteiger partial charge in [0.05, 0.1) is 5.52 Å². The van der Waals surface area contributed by atoms with Crippen LogP contribution in [0.15, 0.2) is 48.5 Å². The molecule has 0 atom stereocenters. The Balaban J connectivity index is 1.38. The quantitative estimate of drug-likeness (QED) is 0.463. The van der Waals surface area contributed by atoms with Gasteiger partial charge in [-0.2, -0.15) is 0 Å². The van der Waals surface area contributed by atoms with Crippen molar-refractivity contribution < 1.29 is 9.53 Å². The van der Waals surface area contributed by atoms with Crippen LogP contribution in [0.5, 0.6) is 5.75 Å². The van der Waals surface area contributed by atoms with Crippen LogP contribution in [-0.2, 0) is 11.2 Å². The van der Waals surface area contributed by atoms with Gasteiger partial charge in [-0.1, -0.05) is 12.1 Å². The number of fused-ring (bicyclic) bond motifs is 1. The Hall–Kier alpha value is -3.03. The number of rotatable bonds is 8. The SMILES string of the molecule is Cc1cc(N2CCC(N(C)C)CC2)nc2ccc(NC(=O)CCc3ccc(OC=S)cc3)cc12. The van der Waals surface area contributed by atoms with E-state index in [1.807, 2.05) is 42.5 Å². The molecule has 0 aliphatic carbocycles. The number of nitrogens with one attached hydrogen (secondary N) is 1. The van der Waals surface area contributed by atoms with Crippen molar-refractivity contribution in [1.29, 1.82) is 0 Å². The molecule has 1 saturated heterocycles. The molecule has 0 unspecified atom stereocenters. The summed E-state index contributed by atoms with van der Waals surface area (Å²) in [7, 11) is 4.32. The van der Waals surface area contributed by atoms with Crippen molar-refractivity contribution in [2.45, 2.75) is 38.6 Å². The van der Waals surface area contributed by atoms with Crippen LogP contribution in [0.2, 0.25) is 0 Å². The Kier molecular flexibility index (Phi) is 7.75. The van der Waals surface area contributed by atoms with E-state index in [4.69, 9.17) is 21.9 Å². The first kappa shape index (κ1) is 24.1. The molecule has 7 heteroatoms. The van der Waals surface area contributed by atoms with E-state index >= 15 is 0 Å². The maximum Gasteiger partial charge on any atom is 0.224 e. The molecule has 6 nitrogen and oxygen atoms in total. The first-order chi connectivity index (χ1) is 16.4. The number of ether oxygens (including phenoxy) is 1. The highest BCUT2D eigenvalue weighted by molar-refractivity contribution is 7.78. The van der Waals surface area contributed by atoms with Gasteiger partial charge in [0.1, 0.15) is 11.6 Å². The molecule has 2 heterocycles. The highest BCUT2D eigenvalue weighted by atomic mass is 32.1. The average Bonchev–Trinajstić information content (AvgIpc) is 2.84. The smallest absolute Gasteiger partial charge is 0.224 e. The Labute approximate surface area is 206 Å². The number of benzene rings is 2. The number of hydrogen-bond acceptors (Lipinski definition) is 6. The van der Waals surface area contributed by atoms with Crippen molar-refractivity contribution in [3.63, 3.8) is 0 Å². The molecule has 0 bridgehead atoms. The molecule has 1 N–H and O–H groups in total. The van der Waals surface area contributed by atoms with Crippen LogP contribution in [0.1, 0.15) is 30.4 Å². The summed E-state index contributed by atoms with van der Waals surface area (Å²) in [6.45, 7) is 4.16. The van der Waals surface area contributed by atoms with E-state index < -0.39 is 0 Å². The Bertz CT molecular complexity index is 1160. The van der Waals surface area contributed by atoms with Gasteiger partial charge < -0.3 is 19.9 Å². The number of aromatic nitrogens is 1. The highest BCUT2D eigenvalue weighted by Gasteiger charge is 2.22. The topological polar surface area (TPSA) is 57.7 Å². The number of anilines is 2. The minimum Gasteiger partial charge on any atom is -0.454 e. The number of carbonyl (C=O) groups is 1. The Morgan fingerprint density at radius 3 is 2.59 bits per heavy atom. The van der Waals surface area contributed by atoms with E-state index in [-0.39, 0.29) is 5.91 Å². The van der Waals surface area contributed by atoms with Crippen molar-refractivity contribution in [3.8, 4) is 5.75 Å². The van der Waals surface area contributed by atoms with Crippen LogP contribution in [0, 0.1) is 6.92 Å². The largest absolute Gasteiger partial charge is 0.454 e. The lowest BCUT2D eigenvalue weighted by Gasteiger charge is -2.36.